The molecule has 0 radical (unpaired) electrons. The van der Waals surface area contributed by atoms with E-state index in [2.05, 4.69) is 5.32 Å². The highest BCUT2D eigenvalue weighted by molar-refractivity contribution is 6.58. The number of imide groups is 2. The number of benzene rings is 4. The number of carbonyl (C=O) groups excluding carboxylic acids is 4. The smallest absolute Gasteiger partial charge is 0.258 e. The van der Waals surface area contributed by atoms with Crippen LogP contribution in [0.5, 0.6) is 5.75 Å². The quantitative estimate of drug-likeness (QED) is 0.124. The van der Waals surface area contributed by atoms with E-state index in [9.17, 15) is 28.7 Å². The van der Waals surface area contributed by atoms with Gasteiger partial charge in [0.2, 0.25) is 11.8 Å². The second-order valence-corrected chi connectivity index (χ2v) is 15.0. The third kappa shape index (κ3) is 4.78. The number of carbonyl (C=O) groups is 4. The van der Waals surface area contributed by atoms with Crippen molar-refractivity contribution in [2.24, 2.45) is 17.8 Å². The van der Waals surface area contributed by atoms with Gasteiger partial charge in [-0.1, -0.05) is 42.0 Å². The highest BCUT2D eigenvalue weighted by Gasteiger charge is 2.76. The molecule has 3 fully saturated rings. The lowest BCUT2D eigenvalue weighted by atomic mass is 9.56. The summed E-state index contributed by atoms with van der Waals surface area (Å²) >= 11 is 14.9. The largest absolute Gasteiger partial charge is 0.507 e. The zero-order valence-corrected chi connectivity index (χ0v) is 29.1. The summed E-state index contributed by atoms with van der Waals surface area (Å²) in [5.74, 6) is -6.14. The van der Waals surface area contributed by atoms with Gasteiger partial charge in [-0.3, -0.25) is 24.1 Å². The number of fused-ring (bicyclic) bond motifs is 4. The van der Waals surface area contributed by atoms with Crippen LogP contribution in [0, 0.1) is 37.4 Å². The number of aromatic hydroxyl groups is 1. The molecular formula is C40H32Cl2FN3O5. The topological polar surface area (TPSA) is 107 Å². The molecule has 0 bridgehead atoms. The zero-order chi connectivity index (χ0) is 36.0. The number of hydrogen-bond donors (Lipinski definition) is 2. The zero-order valence-electron chi connectivity index (χ0n) is 27.6. The first-order chi connectivity index (χ1) is 24.3. The molecule has 2 N–H and O–H groups in total. The summed E-state index contributed by atoms with van der Waals surface area (Å²) in [4.78, 5) is 55.5. The van der Waals surface area contributed by atoms with Crippen LogP contribution in [-0.4, -0.2) is 38.5 Å². The van der Waals surface area contributed by atoms with Gasteiger partial charge in [0.15, 0.2) is 9.75 Å². The van der Waals surface area contributed by atoms with E-state index in [1.165, 1.54) is 17.0 Å². The van der Waals surface area contributed by atoms with Crippen LogP contribution in [0.15, 0.2) is 103 Å². The molecule has 4 aromatic carbocycles. The Morgan fingerprint density at radius 3 is 2.00 bits per heavy atom. The fourth-order valence-corrected chi connectivity index (χ4v) is 9.50. The van der Waals surface area contributed by atoms with E-state index in [-0.39, 0.29) is 30.2 Å². The second kappa shape index (κ2) is 11.8. The summed E-state index contributed by atoms with van der Waals surface area (Å²) in [6.07, 6.45) is 1.89. The first kappa shape index (κ1) is 33.2. The molecule has 6 unspecified atom stereocenters. The van der Waals surface area contributed by atoms with Crippen LogP contribution < -0.4 is 15.1 Å². The third-order valence-electron chi connectivity index (χ3n) is 10.9. The third-order valence-corrected chi connectivity index (χ3v) is 12.3. The van der Waals surface area contributed by atoms with Crippen molar-refractivity contribution in [3.63, 3.8) is 0 Å². The maximum Gasteiger partial charge on any atom is 0.258 e. The Morgan fingerprint density at radius 1 is 0.765 bits per heavy atom. The fourth-order valence-electron chi connectivity index (χ4n) is 8.57. The summed E-state index contributed by atoms with van der Waals surface area (Å²) in [6, 6.07) is 24.9. The molecule has 2 aliphatic heterocycles. The molecule has 51 heavy (non-hydrogen) atoms. The number of rotatable bonds is 5. The average molecular weight is 725 g/mol. The Bertz CT molecular complexity index is 2150. The van der Waals surface area contributed by atoms with Crippen molar-refractivity contribution < 1.29 is 28.7 Å². The molecule has 11 heteroatoms. The molecule has 258 valence electrons. The van der Waals surface area contributed by atoms with Gasteiger partial charge in [-0.2, -0.15) is 0 Å². The van der Waals surface area contributed by atoms with E-state index in [1.807, 2.05) is 36.4 Å². The van der Waals surface area contributed by atoms with Gasteiger partial charge in [0.05, 0.1) is 23.2 Å². The van der Waals surface area contributed by atoms with Crippen molar-refractivity contribution in [1.29, 1.82) is 0 Å². The Balaban J connectivity index is 1.21. The van der Waals surface area contributed by atoms with Crippen LogP contribution in [0.2, 0.25) is 0 Å². The maximum atomic E-state index is 14.6. The summed E-state index contributed by atoms with van der Waals surface area (Å²) in [6.45, 7) is 3.44. The predicted octanol–water partition coefficient (Wildman–Crippen LogP) is 7.66. The first-order valence-electron chi connectivity index (χ1n) is 16.7. The van der Waals surface area contributed by atoms with Crippen LogP contribution in [0.1, 0.15) is 35.4 Å². The highest BCUT2D eigenvalue weighted by atomic mass is 35.5. The number of allylic oxidation sites excluding steroid dienone is 2. The summed E-state index contributed by atoms with van der Waals surface area (Å²) in [7, 11) is 0. The molecule has 2 heterocycles. The van der Waals surface area contributed by atoms with Crippen molar-refractivity contribution in [2.45, 2.75) is 42.4 Å². The Morgan fingerprint density at radius 2 is 1.35 bits per heavy atom. The van der Waals surface area contributed by atoms with Gasteiger partial charge in [0.25, 0.3) is 11.8 Å². The van der Waals surface area contributed by atoms with Gasteiger partial charge in [-0.05, 0) is 110 Å². The number of amides is 4. The predicted molar refractivity (Wildman–Crippen MR) is 193 cm³/mol. The van der Waals surface area contributed by atoms with E-state index in [0.717, 1.165) is 28.4 Å². The van der Waals surface area contributed by atoms with Crippen LogP contribution in [-0.2, 0) is 19.2 Å². The van der Waals surface area contributed by atoms with E-state index in [4.69, 9.17) is 23.2 Å². The molecule has 0 spiro atoms. The van der Waals surface area contributed by atoms with Crippen molar-refractivity contribution in [2.75, 3.05) is 15.1 Å². The van der Waals surface area contributed by atoms with E-state index >= 15 is 0 Å². The lowest BCUT2D eigenvalue weighted by Crippen LogP contribution is -2.60. The van der Waals surface area contributed by atoms with Gasteiger partial charge in [0.1, 0.15) is 11.6 Å². The minimum Gasteiger partial charge on any atom is -0.507 e. The minimum atomic E-state index is -2.06. The van der Waals surface area contributed by atoms with Gasteiger partial charge in [-0.15, -0.1) is 23.2 Å². The molecule has 2 saturated heterocycles. The number of para-hydroxylation sites is 1. The number of halogens is 3. The van der Waals surface area contributed by atoms with E-state index in [1.54, 1.807) is 50.2 Å². The molecule has 4 aromatic rings. The number of phenols is 1. The maximum absolute atomic E-state index is 14.6. The SMILES string of the molecule is Cc1cc(C2C3=CCC4C(=O)N(c5ccc(Nc6ccccc6)cc5)C(=O)C4C3CC3(Cl)C(=O)N(c4ccc(F)cc4)C(=O)C23Cl)cc(C)c1O. The molecule has 1 saturated carbocycles. The number of nitrogens with zero attached hydrogens (tertiary/aromatic N) is 2. The molecule has 8 rings (SSSR count). The number of alkyl halides is 2. The molecule has 0 aromatic heterocycles. The highest BCUT2D eigenvalue weighted by Crippen LogP contribution is 2.66. The number of hydrogen-bond acceptors (Lipinski definition) is 6. The standard InChI is InChI=1S/C40H32Cl2FN3O5/c1-21-18-23(19-22(2)34(21)47)33-29-16-17-30-32(36(49)45(35(30)48)27-14-10-26(11-15-27)44-25-6-4-3-5-7-25)31(29)20-39(41)37(50)46(38(51)40(33,39)42)28-12-8-24(43)9-13-28/h3-16,18-19,30-33,44,47H,17,20H2,1-2H3. The van der Waals surface area contributed by atoms with Crippen molar-refractivity contribution >= 4 is 69.6 Å². The molecule has 4 amide bonds. The summed E-state index contributed by atoms with van der Waals surface area (Å²) < 4.78 is 13.9. The summed E-state index contributed by atoms with van der Waals surface area (Å²) in [5.41, 5.74) is 4.41. The van der Waals surface area contributed by atoms with E-state index < -0.39 is 57.0 Å². The lowest BCUT2D eigenvalue weighted by molar-refractivity contribution is -0.125. The van der Waals surface area contributed by atoms with Crippen LogP contribution >= 0.6 is 23.2 Å². The van der Waals surface area contributed by atoms with Crippen molar-refractivity contribution in [1.82, 2.24) is 0 Å². The van der Waals surface area contributed by atoms with Crippen LogP contribution in [0.3, 0.4) is 0 Å². The van der Waals surface area contributed by atoms with Gasteiger partial charge in [0, 0.05) is 17.3 Å². The average Bonchev–Trinajstić information content (AvgIpc) is 3.45. The number of nitrogens with one attached hydrogen (secondary N) is 1. The van der Waals surface area contributed by atoms with Crippen molar-refractivity contribution in [3.05, 3.63) is 125 Å². The lowest BCUT2D eigenvalue weighted by Gasteiger charge is -2.50. The monoisotopic (exact) mass is 723 g/mol. The molecule has 2 aliphatic carbocycles. The minimum absolute atomic E-state index is 0.0727. The number of anilines is 4. The van der Waals surface area contributed by atoms with Gasteiger partial charge < -0.3 is 10.4 Å². The molecular weight excluding hydrogens is 692 g/mol. The Hall–Kier alpha value is -4.99. The molecule has 6 atom stereocenters. The summed E-state index contributed by atoms with van der Waals surface area (Å²) in [5, 5.41) is 14.0. The first-order valence-corrected chi connectivity index (χ1v) is 17.4. The van der Waals surface area contributed by atoms with Gasteiger partial charge >= 0.3 is 0 Å². The normalized spacial score (nSPS) is 28.4. The fraction of sp³-hybridized carbons (Fsp3) is 0.250. The van der Waals surface area contributed by atoms with E-state index in [0.29, 0.717) is 28.0 Å². The van der Waals surface area contributed by atoms with Crippen LogP contribution in [0.4, 0.5) is 27.1 Å². The Kier molecular flexibility index (Phi) is 7.66. The van der Waals surface area contributed by atoms with Gasteiger partial charge in [-0.25, -0.2) is 9.29 Å². The van der Waals surface area contributed by atoms with Crippen molar-refractivity contribution in [3.8, 4) is 5.75 Å². The number of phenolic OH excluding ortho intramolecular Hbond substituents is 1. The molecule has 8 nitrogen and oxygen atoms in total. The van der Waals surface area contributed by atoms with Crippen LogP contribution in [0.25, 0.3) is 0 Å². The second-order valence-electron chi connectivity index (χ2n) is 13.8. The molecule has 4 aliphatic rings. The Labute approximate surface area is 303 Å². The number of aryl methyl sites for hydroxylation is 2.